The van der Waals surface area contributed by atoms with Gasteiger partial charge in [-0.3, -0.25) is 4.79 Å². The molecule has 3 rings (SSSR count). The Labute approximate surface area is 182 Å². The van der Waals surface area contributed by atoms with Gasteiger partial charge in [-0.2, -0.15) is 0 Å². The smallest absolute Gasteiger partial charge is 0.429 e. The Balaban J connectivity index is 1.92. The van der Waals surface area contributed by atoms with Crippen LogP contribution in [0.3, 0.4) is 0 Å². The molecule has 1 heterocycles. The van der Waals surface area contributed by atoms with E-state index < -0.39 is 18.2 Å². The summed E-state index contributed by atoms with van der Waals surface area (Å²) in [5.74, 6) is -0.352. The number of nitrogens with one attached hydrogen (secondary N) is 1. The molecule has 0 saturated heterocycles. The van der Waals surface area contributed by atoms with E-state index in [-0.39, 0.29) is 30.1 Å². The molecular formula is C23H29N3O5. The minimum atomic E-state index is -0.749. The van der Waals surface area contributed by atoms with Crippen molar-refractivity contribution in [3.8, 4) is 0 Å². The zero-order valence-electron chi connectivity index (χ0n) is 18.4. The highest BCUT2D eigenvalue weighted by atomic mass is 16.6. The fourth-order valence-electron chi connectivity index (χ4n) is 3.89. The van der Waals surface area contributed by atoms with Gasteiger partial charge in [0.25, 0.3) is 0 Å². The Morgan fingerprint density at radius 1 is 1.00 bits per heavy atom. The molecule has 1 N–H and O–H groups in total. The Hall–Kier alpha value is -3.29. The van der Waals surface area contributed by atoms with E-state index in [1.165, 1.54) is 6.92 Å². The number of rotatable bonds is 4. The van der Waals surface area contributed by atoms with Crippen LogP contribution in [-0.2, 0) is 14.3 Å². The number of hydrazine groups is 1. The van der Waals surface area contributed by atoms with Crippen molar-refractivity contribution in [1.82, 2.24) is 15.3 Å². The van der Waals surface area contributed by atoms with E-state index in [0.29, 0.717) is 0 Å². The van der Waals surface area contributed by atoms with Gasteiger partial charge in [-0.25, -0.2) is 20.0 Å². The number of amides is 3. The third-order valence-electron chi connectivity index (χ3n) is 5.00. The highest BCUT2D eigenvalue weighted by Crippen LogP contribution is 2.41. The van der Waals surface area contributed by atoms with E-state index in [9.17, 15) is 14.4 Å². The third kappa shape index (κ3) is 4.90. The summed E-state index contributed by atoms with van der Waals surface area (Å²) in [6.45, 7) is 8.42. The molecule has 166 valence electrons. The van der Waals surface area contributed by atoms with Crippen LogP contribution in [0.5, 0.6) is 0 Å². The molecule has 8 heteroatoms. The summed E-state index contributed by atoms with van der Waals surface area (Å²) in [4.78, 5) is 39.3. The van der Waals surface area contributed by atoms with E-state index >= 15 is 0 Å². The summed E-state index contributed by atoms with van der Waals surface area (Å²) < 4.78 is 10.5. The van der Waals surface area contributed by atoms with Crippen molar-refractivity contribution in [3.63, 3.8) is 0 Å². The minimum absolute atomic E-state index is 0.101. The molecular weight excluding hydrogens is 398 g/mol. The van der Waals surface area contributed by atoms with Crippen LogP contribution in [0.4, 0.5) is 9.59 Å². The van der Waals surface area contributed by atoms with Crippen molar-refractivity contribution in [2.45, 2.75) is 58.9 Å². The first-order valence-electron chi connectivity index (χ1n) is 10.4. The number of hydrogen-bond donors (Lipinski definition) is 1. The molecule has 1 aliphatic heterocycles. The highest BCUT2D eigenvalue weighted by molar-refractivity contribution is 5.88. The molecule has 1 aromatic carbocycles. The van der Waals surface area contributed by atoms with Gasteiger partial charge in [0.15, 0.2) is 0 Å². The van der Waals surface area contributed by atoms with Crippen molar-refractivity contribution < 1.29 is 23.9 Å². The van der Waals surface area contributed by atoms with Gasteiger partial charge in [0.05, 0.1) is 24.3 Å². The van der Waals surface area contributed by atoms with Crippen molar-refractivity contribution in [3.05, 3.63) is 54.1 Å². The van der Waals surface area contributed by atoms with Crippen LogP contribution in [0.2, 0.25) is 0 Å². The number of carbonyl (C=O) groups is 3. The molecule has 0 aromatic heterocycles. The lowest BCUT2D eigenvalue weighted by molar-refractivity contribution is -0.126. The van der Waals surface area contributed by atoms with Crippen LogP contribution in [0.25, 0.3) is 5.70 Å². The normalized spacial score (nSPS) is 21.7. The Morgan fingerprint density at radius 3 is 2.23 bits per heavy atom. The predicted octanol–water partition coefficient (Wildman–Crippen LogP) is 3.71. The number of fused-ring (bicyclic) bond motifs is 1. The Morgan fingerprint density at radius 2 is 1.65 bits per heavy atom. The molecule has 3 amide bonds. The first-order chi connectivity index (χ1) is 14.7. The zero-order chi connectivity index (χ0) is 22.7. The summed E-state index contributed by atoms with van der Waals surface area (Å²) in [7, 11) is 0. The second kappa shape index (κ2) is 9.24. The molecule has 3 atom stereocenters. The van der Waals surface area contributed by atoms with Gasteiger partial charge in [0, 0.05) is 18.5 Å². The molecule has 1 aromatic rings. The summed E-state index contributed by atoms with van der Waals surface area (Å²) in [6, 6.07) is 8.79. The fourth-order valence-corrected chi connectivity index (χ4v) is 3.89. The van der Waals surface area contributed by atoms with E-state index in [1.54, 1.807) is 38.7 Å². The molecule has 0 bridgehead atoms. The van der Waals surface area contributed by atoms with Gasteiger partial charge in [0.1, 0.15) is 0 Å². The number of carbonyl (C=O) groups excluding carboxylic acids is 3. The van der Waals surface area contributed by atoms with E-state index in [1.807, 2.05) is 42.5 Å². The maximum Gasteiger partial charge on any atom is 0.429 e. The summed E-state index contributed by atoms with van der Waals surface area (Å²) >= 11 is 0. The monoisotopic (exact) mass is 427 g/mol. The van der Waals surface area contributed by atoms with E-state index in [4.69, 9.17) is 9.47 Å². The number of hydrogen-bond acceptors (Lipinski definition) is 5. The summed E-state index contributed by atoms with van der Waals surface area (Å²) in [6.07, 6.45) is 3.50. The predicted molar refractivity (Wildman–Crippen MR) is 115 cm³/mol. The number of ether oxygens (including phenoxy) is 2. The number of benzene rings is 1. The summed E-state index contributed by atoms with van der Waals surface area (Å²) in [5, 5.41) is 1.15. The molecule has 0 saturated carbocycles. The van der Waals surface area contributed by atoms with Crippen LogP contribution in [0.1, 0.15) is 40.2 Å². The number of nitrogens with zero attached hydrogens (tertiary/aromatic N) is 2. The first kappa shape index (κ1) is 22.4. The molecule has 1 aliphatic carbocycles. The topological polar surface area (TPSA) is 88.2 Å². The van der Waals surface area contributed by atoms with Gasteiger partial charge in [-0.1, -0.05) is 48.6 Å². The largest absolute Gasteiger partial charge is 0.446 e. The average molecular weight is 428 g/mol. The van der Waals surface area contributed by atoms with Crippen molar-refractivity contribution in [1.29, 1.82) is 0 Å². The quantitative estimate of drug-likeness (QED) is 0.585. The van der Waals surface area contributed by atoms with E-state index in [0.717, 1.165) is 16.3 Å². The van der Waals surface area contributed by atoms with E-state index in [2.05, 4.69) is 5.43 Å². The molecule has 0 fully saturated rings. The van der Waals surface area contributed by atoms with Gasteiger partial charge < -0.3 is 14.4 Å². The molecule has 3 unspecified atom stereocenters. The van der Waals surface area contributed by atoms with Crippen molar-refractivity contribution >= 4 is 23.8 Å². The summed E-state index contributed by atoms with van der Waals surface area (Å²) in [5.41, 5.74) is 4.20. The van der Waals surface area contributed by atoms with Crippen LogP contribution in [-0.4, -0.2) is 52.3 Å². The molecule has 0 spiro atoms. The van der Waals surface area contributed by atoms with Crippen molar-refractivity contribution in [2.75, 3.05) is 0 Å². The van der Waals surface area contributed by atoms with Gasteiger partial charge in [-0.15, -0.1) is 0 Å². The second-order valence-electron chi connectivity index (χ2n) is 8.12. The fraction of sp³-hybridized carbons (Fsp3) is 0.435. The Kier molecular flexibility index (Phi) is 6.68. The van der Waals surface area contributed by atoms with Crippen LogP contribution in [0, 0.1) is 5.92 Å². The molecule has 2 aliphatic rings. The van der Waals surface area contributed by atoms with Gasteiger partial charge >= 0.3 is 12.2 Å². The molecule has 8 nitrogen and oxygen atoms in total. The SMILES string of the molecule is CC(=O)N1C(c2ccccc2)=CC2C(N(NC(=O)OC(C)C)C(=O)OC(C)C)C=CC21. The van der Waals surface area contributed by atoms with Crippen molar-refractivity contribution in [2.24, 2.45) is 5.92 Å². The first-order valence-corrected chi connectivity index (χ1v) is 10.4. The van der Waals surface area contributed by atoms with Crippen LogP contribution in [0.15, 0.2) is 48.6 Å². The maximum atomic E-state index is 12.8. The van der Waals surface area contributed by atoms with Gasteiger partial charge in [-0.05, 0) is 33.3 Å². The maximum absolute atomic E-state index is 12.8. The van der Waals surface area contributed by atoms with Crippen LogP contribution >= 0.6 is 0 Å². The lowest BCUT2D eigenvalue weighted by Crippen LogP contribution is -2.54. The minimum Gasteiger partial charge on any atom is -0.446 e. The third-order valence-corrected chi connectivity index (χ3v) is 5.00. The highest BCUT2D eigenvalue weighted by Gasteiger charge is 2.46. The lowest BCUT2D eigenvalue weighted by Gasteiger charge is -2.32. The molecule has 31 heavy (non-hydrogen) atoms. The molecule has 0 radical (unpaired) electrons. The Bertz CT molecular complexity index is 894. The standard InChI is InChI=1S/C23H29N3O5/c1-14(2)30-22(28)24-26(23(29)31-15(3)4)20-12-11-19-18(20)13-21(25(19)16(5)27)17-9-7-6-8-10-17/h6-15,18-20H,1-5H3,(H,24,28). The average Bonchev–Trinajstić information content (AvgIpc) is 3.24. The second-order valence-corrected chi connectivity index (χ2v) is 8.12. The lowest BCUT2D eigenvalue weighted by atomic mass is 9.99. The van der Waals surface area contributed by atoms with Gasteiger partial charge in [0.2, 0.25) is 5.91 Å². The van der Waals surface area contributed by atoms with Crippen LogP contribution < -0.4 is 5.43 Å². The zero-order valence-corrected chi connectivity index (χ0v) is 18.4.